The number of hydrogen-bond donors (Lipinski definition) is 0. The molecule has 1 aliphatic carbocycles. The van der Waals surface area contributed by atoms with Crippen molar-refractivity contribution < 1.29 is 4.79 Å². The molecule has 0 unspecified atom stereocenters. The number of thiazole rings is 1. The van der Waals surface area contributed by atoms with Gasteiger partial charge in [0, 0.05) is 23.9 Å². The first-order chi connectivity index (χ1) is 10.2. The summed E-state index contributed by atoms with van der Waals surface area (Å²) in [6, 6.07) is 0.470. The Hall–Kier alpha value is -0.900. The summed E-state index contributed by atoms with van der Waals surface area (Å²) >= 11 is 1.63. The van der Waals surface area contributed by atoms with Crippen LogP contribution in [0, 0.1) is 5.92 Å². The molecule has 0 aromatic carbocycles. The standard InChI is InChI=1S/C17H26N2OS/c1-12(2)16-18-14(11-21-16)17(20)19-10-6-5-8-13-7-3-4-9-15(13)19/h11-13,15H,3-10H2,1-2H3/t13-,15-/m0/s1. The van der Waals surface area contributed by atoms with Crippen molar-refractivity contribution in [1.29, 1.82) is 0 Å². The molecular weight excluding hydrogens is 280 g/mol. The molecule has 2 fully saturated rings. The van der Waals surface area contributed by atoms with E-state index in [4.69, 9.17) is 0 Å². The smallest absolute Gasteiger partial charge is 0.273 e. The summed E-state index contributed by atoms with van der Waals surface area (Å²) in [5.41, 5.74) is 0.676. The summed E-state index contributed by atoms with van der Waals surface area (Å²) in [6.45, 7) is 5.20. The van der Waals surface area contributed by atoms with Crippen molar-refractivity contribution in [2.45, 2.75) is 70.8 Å². The zero-order valence-electron chi connectivity index (χ0n) is 13.2. The highest BCUT2D eigenvalue weighted by molar-refractivity contribution is 7.09. The van der Waals surface area contributed by atoms with Crippen LogP contribution in [0.1, 0.15) is 80.2 Å². The van der Waals surface area contributed by atoms with E-state index in [2.05, 4.69) is 23.7 Å². The Morgan fingerprint density at radius 2 is 1.95 bits per heavy atom. The fourth-order valence-corrected chi connectivity index (χ4v) is 4.65. The van der Waals surface area contributed by atoms with Gasteiger partial charge in [-0.2, -0.15) is 0 Å². The number of carbonyl (C=O) groups is 1. The van der Waals surface area contributed by atoms with E-state index < -0.39 is 0 Å². The molecule has 0 N–H and O–H groups in total. The molecule has 1 aromatic rings. The lowest BCUT2D eigenvalue weighted by Crippen LogP contribution is -2.45. The third-order valence-corrected chi connectivity index (χ3v) is 6.13. The van der Waals surface area contributed by atoms with E-state index in [1.807, 2.05) is 5.38 Å². The van der Waals surface area contributed by atoms with Gasteiger partial charge in [-0.05, 0) is 31.6 Å². The molecule has 3 rings (SSSR count). The zero-order chi connectivity index (χ0) is 14.8. The fraction of sp³-hybridized carbons (Fsp3) is 0.765. The average molecular weight is 306 g/mol. The predicted molar refractivity (Wildman–Crippen MR) is 86.8 cm³/mol. The first-order valence-corrected chi connectivity index (χ1v) is 9.31. The maximum Gasteiger partial charge on any atom is 0.273 e. The molecule has 2 aliphatic rings. The molecular formula is C17H26N2OS. The quantitative estimate of drug-likeness (QED) is 0.808. The minimum atomic E-state index is 0.178. The monoisotopic (exact) mass is 306 g/mol. The summed E-state index contributed by atoms with van der Waals surface area (Å²) in [4.78, 5) is 19.7. The minimum Gasteiger partial charge on any atom is -0.334 e. The van der Waals surface area contributed by atoms with Gasteiger partial charge in [-0.1, -0.05) is 33.1 Å². The largest absolute Gasteiger partial charge is 0.334 e. The van der Waals surface area contributed by atoms with Crippen molar-refractivity contribution in [2.24, 2.45) is 5.92 Å². The van der Waals surface area contributed by atoms with Crippen molar-refractivity contribution in [3.8, 4) is 0 Å². The van der Waals surface area contributed by atoms with Gasteiger partial charge in [-0.15, -0.1) is 11.3 Å². The molecule has 4 heteroatoms. The SMILES string of the molecule is CC(C)c1nc(C(=O)N2CCCC[C@@H]3CCCC[C@@H]32)cs1. The number of likely N-dealkylation sites (tertiary alicyclic amines) is 1. The number of aromatic nitrogens is 1. The number of amides is 1. The normalized spacial score (nSPS) is 26.5. The molecule has 1 saturated heterocycles. The Kier molecular flexibility index (Phi) is 4.63. The van der Waals surface area contributed by atoms with Crippen LogP contribution in [-0.2, 0) is 0 Å². The Labute approximate surface area is 131 Å². The van der Waals surface area contributed by atoms with E-state index in [0.29, 0.717) is 17.7 Å². The van der Waals surface area contributed by atoms with Crippen LogP contribution < -0.4 is 0 Å². The summed E-state index contributed by atoms with van der Waals surface area (Å²) in [5.74, 6) is 1.31. The van der Waals surface area contributed by atoms with Gasteiger partial charge < -0.3 is 4.90 Å². The zero-order valence-corrected chi connectivity index (χ0v) is 14.0. The molecule has 21 heavy (non-hydrogen) atoms. The van der Waals surface area contributed by atoms with Crippen molar-refractivity contribution in [2.75, 3.05) is 6.54 Å². The molecule has 0 radical (unpaired) electrons. The van der Waals surface area contributed by atoms with Crippen LogP contribution in [0.15, 0.2) is 5.38 Å². The Bertz CT molecular complexity index is 497. The lowest BCUT2D eigenvalue weighted by molar-refractivity contribution is 0.0563. The van der Waals surface area contributed by atoms with Crippen molar-refractivity contribution >= 4 is 17.2 Å². The van der Waals surface area contributed by atoms with E-state index in [0.717, 1.165) is 23.9 Å². The summed E-state index contributed by atoms with van der Waals surface area (Å²) in [7, 11) is 0. The van der Waals surface area contributed by atoms with E-state index >= 15 is 0 Å². The van der Waals surface area contributed by atoms with Crippen LogP contribution >= 0.6 is 11.3 Å². The van der Waals surface area contributed by atoms with E-state index in [1.165, 1.54) is 38.5 Å². The molecule has 116 valence electrons. The molecule has 2 heterocycles. The minimum absolute atomic E-state index is 0.178. The molecule has 0 bridgehead atoms. The lowest BCUT2D eigenvalue weighted by Gasteiger charge is -2.38. The molecule has 1 saturated carbocycles. The van der Waals surface area contributed by atoms with Gasteiger partial charge in [0.2, 0.25) is 0 Å². The third-order valence-electron chi connectivity index (χ3n) is 4.99. The second-order valence-electron chi connectivity index (χ2n) is 6.83. The van der Waals surface area contributed by atoms with Crippen LogP contribution in [0.4, 0.5) is 0 Å². The number of hydrogen-bond acceptors (Lipinski definition) is 3. The Morgan fingerprint density at radius 1 is 1.24 bits per heavy atom. The van der Waals surface area contributed by atoms with Gasteiger partial charge in [-0.25, -0.2) is 4.98 Å². The van der Waals surface area contributed by atoms with Crippen LogP contribution in [0.25, 0.3) is 0 Å². The van der Waals surface area contributed by atoms with E-state index in [9.17, 15) is 4.79 Å². The van der Waals surface area contributed by atoms with Gasteiger partial charge in [0.05, 0.1) is 5.01 Å². The van der Waals surface area contributed by atoms with Crippen molar-refractivity contribution in [1.82, 2.24) is 9.88 Å². The van der Waals surface area contributed by atoms with Crippen LogP contribution in [0.5, 0.6) is 0 Å². The average Bonchev–Trinajstić information content (AvgIpc) is 2.88. The summed E-state index contributed by atoms with van der Waals surface area (Å²) in [5, 5.41) is 3.04. The third kappa shape index (κ3) is 3.15. The summed E-state index contributed by atoms with van der Waals surface area (Å²) in [6.07, 6.45) is 8.86. The molecule has 1 aromatic heterocycles. The van der Waals surface area contributed by atoms with Crippen LogP contribution in [0.3, 0.4) is 0 Å². The number of rotatable bonds is 2. The number of carbonyl (C=O) groups excluding carboxylic acids is 1. The van der Waals surface area contributed by atoms with Crippen molar-refractivity contribution in [3.63, 3.8) is 0 Å². The fourth-order valence-electron chi connectivity index (χ4n) is 3.84. The van der Waals surface area contributed by atoms with Gasteiger partial charge in [0.1, 0.15) is 5.69 Å². The molecule has 3 nitrogen and oxygen atoms in total. The number of fused-ring (bicyclic) bond motifs is 1. The van der Waals surface area contributed by atoms with E-state index in [-0.39, 0.29) is 5.91 Å². The first-order valence-electron chi connectivity index (χ1n) is 8.43. The summed E-state index contributed by atoms with van der Waals surface area (Å²) < 4.78 is 0. The predicted octanol–water partition coefficient (Wildman–Crippen LogP) is 4.45. The molecule has 2 atom stereocenters. The Balaban J connectivity index is 1.80. The molecule has 1 amide bonds. The van der Waals surface area contributed by atoms with Gasteiger partial charge in [0.25, 0.3) is 5.91 Å². The van der Waals surface area contributed by atoms with Crippen molar-refractivity contribution in [3.05, 3.63) is 16.1 Å². The topological polar surface area (TPSA) is 33.2 Å². The van der Waals surface area contributed by atoms with E-state index in [1.54, 1.807) is 11.3 Å². The van der Waals surface area contributed by atoms with Gasteiger partial charge in [0.15, 0.2) is 0 Å². The van der Waals surface area contributed by atoms with Crippen LogP contribution in [0.2, 0.25) is 0 Å². The second-order valence-corrected chi connectivity index (χ2v) is 7.72. The second kappa shape index (κ2) is 6.47. The lowest BCUT2D eigenvalue weighted by atomic mass is 9.81. The van der Waals surface area contributed by atoms with Gasteiger partial charge in [-0.3, -0.25) is 4.79 Å². The highest BCUT2D eigenvalue weighted by Gasteiger charge is 2.35. The highest BCUT2D eigenvalue weighted by atomic mass is 32.1. The molecule has 1 aliphatic heterocycles. The number of nitrogens with zero attached hydrogens (tertiary/aromatic N) is 2. The Morgan fingerprint density at radius 3 is 2.67 bits per heavy atom. The molecule has 0 spiro atoms. The maximum absolute atomic E-state index is 12.9. The highest BCUT2D eigenvalue weighted by Crippen LogP contribution is 2.35. The maximum atomic E-state index is 12.9. The van der Waals surface area contributed by atoms with Crippen LogP contribution in [-0.4, -0.2) is 28.4 Å². The van der Waals surface area contributed by atoms with Gasteiger partial charge >= 0.3 is 0 Å². The first kappa shape index (κ1) is 15.0.